The fraction of sp³-hybridized carbons (Fsp3) is 0.500. The van der Waals surface area contributed by atoms with E-state index in [2.05, 4.69) is 17.2 Å². The fourth-order valence-corrected chi connectivity index (χ4v) is 2.16. The van der Waals surface area contributed by atoms with Gasteiger partial charge in [-0.05, 0) is 25.8 Å². The van der Waals surface area contributed by atoms with E-state index in [9.17, 15) is 4.79 Å². The van der Waals surface area contributed by atoms with Crippen LogP contribution in [0.4, 0.5) is 0 Å². The summed E-state index contributed by atoms with van der Waals surface area (Å²) >= 11 is 0. The zero-order valence-corrected chi connectivity index (χ0v) is 12.8. The molecule has 0 aliphatic carbocycles. The second-order valence-electron chi connectivity index (χ2n) is 4.77. The third-order valence-corrected chi connectivity index (χ3v) is 3.32. The largest absolute Gasteiger partial charge is 0.472 e. The molecular weight excluding hydrogens is 294 g/mol. The number of piperidine rings is 1. The van der Waals surface area contributed by atoms with Gasteiger partial charge in [0.1, 0.15) is 17.7 Å². The molecule has 1 aliphatic heterocycles. The molecule has 6 nitrogen and oxygen atoms in total. The van der Waals surface area contributed by atoms with Crippen molar-refractivity contribution in [3.63, 3.8) is 0 Å². The monoisotopic (exact) mass is 311 g/mol. The summed E-state index contributed by atoms with van der Waals surface area (Å²) in [6, 6.07) is 3.90. The maximum absolute atomic E-state index is 11.8. The van der Waals surface area contributed by atoms with E-state index in [-0.39, 0.29) is 35.5 Å². The molecule has 1 aromatic rings. The molecule has 0 spiro atoms. The van der Waals surface area contributed by atoms with Gasteiger partial charge in [0.15, 0.2) is 0 Å². The van der Waals surface area contributed by atoms with E-state index >= 15 is 0 Å². The highest BCUT2D eigenvalue weighted by Gasteiger charge is 2.24. The average Bonchev–Trinajstić information content (AvgIpc) is 2.48. The van der Waals surface area contributed by atoms with Gasteiger partial charge in [0.2, 0.25) is 5.88 Å². The molecule has 0 aromatic carbocycles. The van der Waals surface area contributed by atoms with Crippen LogP contribution in [0.1, 0.15) is 35.7 Å². The summed E-state index contributed by atoms with van der Waals surface area (Å²) in [5.74, 6) is -0.445. The molecule has 1 aliphatic rings. The Balaban J connectivity index is 0.00000220. The van der Waals surface area contributed by atoms with Crippen LogP contribution in [0.15, 0.2) is 12.3 Å². The van der Waals surface area contributed by atoms with Crippen molar-refractivity contribution in [2.24, 2.45) is 0 Å². The van der Waals surface area contributed by atoms with Gasteiger partial charge in [-0.25, -0.2) is 9.78 Å². The summed E-state index contributed by atoms with van der Waals surface area (Å²) in [6.45, 7) is 2.81. The van der Waals surface area contributed by atoms with Crippen LogP contribution in [0.3, 0.4) is 0 Å². The lowest BCUT2D eigenvalue weighted by Crippen LogP contribution is -2.42. The highest BCUT2D eigenvalue weighted by Crippen LogP contribution is 2.23. The Morgan fingerprint density at radius 2 is 2.29 bits per heavy atom. The molecule has 0 bridgehead atoms. The number of rotatable bonds is 3. The summed E-state index contributed by atoms with van der Waals surface area (Å²) in [5, 5.41) is 12.4. The number of halogens is 1. The number of esters is 1. The van der Waals surface area contributed by atoms with Crippen molar-refractivity contribution in [1.82, 2.24) is 10.3 Å². The summed E-state index contributed by atoms with van der Waals surface area (Å²) in [4.78, 5) is 15.9. The highest BCUT2D eigenvalue weighted by molar-refractivity contribution is 5.94. The molecule has 0 unspecified atom stereocenters. The van der Waals surface area contributed by atoms with Crippen LogP contribution in [0.2, 0.25) is 0 Å². The lowest BCUT2D eigenvalue weighted by molar-refractivity contribution is 0.0588. The molecule has 2 rings (SSSR count). The number of carbonyl (C=O) groups excluding carboxylic acids is 1. The normalized spacial score (nSPS) is 20.8. The molecule has 0 amide bonds. The minimum atomic E-state index is -0.609. The standard InChI is InChI=1S/C14H17N3O3.ClH/c1-9-3-4-11(8-17-9)20-13-12(14(18)19-2)10(7-15)5-6-16-13;/h5-6,9,11,17H,3-4,8H2,1-2H3;1H/t9-,11-;/m1./s1. The van der Waals surface area contributed by atoms with Gasteiger partial charge in [-0.1, -0.05) is 0 Å². The van der Waals surface area contributed by atoms with E-state index in [4.69, 9.17) is 14.7 Å². The quantitative estimate of drug-likeness (QED) is 0.855. The fourth-order valence-electron chi connectivity index (χ4n) is 2.16. The summed E-state index contributed by atoms with van der Waals surface area (Å²) < 4.78 is 10.5. The molecule has 2 atom stereocenters. The van der Waals surface area contributed by atoms with Gasteiger partial charge < -0.3 is 14.8 Å². The highest BCUT2D eigenvalue weighted by atomic mass is 35.5. The van der Waals surface area contributed by atoms with E-state index in [0.717, 1.165) is 12.8 Å². The van der Waals surface area contributed by atoms with Gasteiger partial charge in [-0.3, -0.25) is 0 Å². The Morgan fingerprint density at radius 3 is 2.86 bits per heavy atom. The minimum absolute atomic E-state index is 0. The second kappa shape index (κ2) is 7.81. The number of ether oxygens (including phenoxy) is 2. The van der Waals surface area contributed by atoms with E-state index < -0.39 is 5.97 Å². The SMILES string of the molecule is COC(=O)c1c(C#N)ccnc1O[C@@H]1CC[C@@H](C)NC1.Cl. The Morgan fingerprint density at radius 1 is 1.52 bits per heavy atom. The van der Waals surface area contributed by atoms with Gasteiger partial charge in [-0.15, -0.1) is 12.4 Å². The molecule has 114 valence electrons. The average molecular weight is 312 g/mol. The second-order valence-corrected chi connectivity index (χ2v) is 4.77. The molecule has 2 heterocycles. The van der Waals surface area contributed by atoms with Crippen LogP contribution in [-0.4, -0.2) is 36.8 Å². The van der Waals surface area contributed by atoms with E-state index in [1.54, 1.807) is 0 Å². The number of hydrogen-bond acceptors (Lipinski definition) is 6. The molecule has 1 N–H and O–H groups in total. The van der Waals surface area contributed by atoms with Crippen molar-refractivity contribution in [3.05, 3.63) is 23.4 Å². The zero-order chi connectivity index (χ0) is 14.5. The first-order valence-corrected chi connectivity index (χ1v) is 6.53. The molecule has 1 saturated heterocycles. The van der Waals surface area contributed by atoms with Crippen LogP contribution < -0.4 is 10.1 Å². The van der Waals surface area contributed by atoms with Gasteiger partial charge in [-0.2, -0.15) is 5.26 Å². The van der Waals surface area contributed by atoms with E-state index in [1.165, 1.54) is 19.4 Å². The number of hydrogen-bond donors (Lipinski definition) is 1. The van der Waals surface area contributed by atoms with Gasteiger partial charge in [0.25, 0.3) is 0 Å². The number of pyridine rings is 1. The molecule has 0 radical (unpaired) electrons. The van der Waals surface area contributed by atoms with Crippen LogP contribution in [0.5, 0.6) is 5.88 Å². The number of methoxy groups -OCH3 is 1. The van der Waals surface area contributed by atoms with Crippen molar-refractivity contribution >= 4 is 18.4 Å². The predicted molar refractivity (Wildman–Crippen MR) is 78.7 cm³/mol. The van der Waals surface area contributed by atoms with Crippen molar-refractivity contribution in [1.29, 1.82) is 5.26 Å². The van der Waals surface area contributed by atoms with Crippen molar-refractivity contribution in [3.8, 4) is 11.9 Å². The number of nitrogens with one attached hydrogen (secondary N) is 1. The van der Waals surface area contributed by atoms with Crippen molar-refractivity contribution < 1.29 is 14.3 Å². The van der Waals surface area contributed by atoms with Crippen LogP contribution in [0, 0.1) is 11.3 Å². The molecule has 1 aromatic heterocycles. The molecule has 0 saturated carbocycles. The van der Waals surface area contributed by atoms with Crippen molar-refractivity contribution in [2.75, 3.05) is 13.7 Å². The Hall–Kier alpha value is -1.84. The molecule has 1 fully saturated rings. The lowest BCUT2D eigenvalue weighted by atomic mass is 10.0. The third-order valence-electron chi connectivity index (χ3n) is 3.32. The first-order valence-electron chi connectivity index (χ1n) is 6.53. The number of carbonyl (C=O) groups is 1. The van der Waals surface area contributed by atoms with Gasteiger partial charge >= 0.3 is 5.97 Å². The first-order chi connectivity index (χ1) is 9.65. The van der Waals surface area contributed by atoms with E-state index in [0.29, 0.717) is 12.6 Å². The lowest BCUT2D eigenvalue weighted by Gasteiger charge is -2.28. The first kappa shape index (κ1) is 17.2. The molecule has 21 heavy (non-hydrogen) atoms. The minimum Gasteiger partial charge on any atom is -0.472 e. The summed E-state index contributed by atoms with van der Waals surface area (Å²) in [5.41, 5.74) is 0.301. The van der Waals surface area contributed by atoms with Crippen LogP contribution >= 0.6 is 12.4 Å². The van der Waals surface area contributed by atoms with Gasteiger partial charge in [0.05, 0.1) is 12.7 Å². The number of nitrogens with zero attached hydrogens (tertiary/aromatic N) is 2. The zero-order valence-electron chi connectivity index (χ0n) is 12.0. The predicted octanol–water partition coefficient (Wildman–Crippen LogP) is 1.68. The number of nitriles is 1. The topological polar surface area (TPSA) is 84.2 Å². The number of aromatic nitrogens is 1. The van der Waals surface area contributed by atoms with Crippen molar-refractivity contribution in [2.45, 2.75) is 31.9 Å². The van der Waals surface area contributed by atoms with E-state index in [1.807, 2.05) is 6.07 Å². The third kappa shape index (κ3) is 4.06. The summed E-state index contributed by atoms with van der Waals surface area (Å²) in [6.07, 6.45) is 3.28. The molecular formula is C14H18ClN3O3. The smallest absolute Gasteiger partial charge is 0.344 e. The van der Waals surface area contributed by atoms with Gasteiger partial charge in [0, 0.05) is 18.8 Å². The Kier molecular flexibility index (Phi) is 6.40. The Labute approximate surface area is 129 Å². The Bertz CT molecular complexity index is 537. The molecule has 7 heteroatoms. The maximum Gasteiger partial charge on any atom is 0.344 e. The van der Waals surface area contributed by atoms with Crippen LogP contribution in [-0.2, 0) is 4.74 Å². The van der Waals surface area contributed by atoms with Crippen LogP contribution in [0.25, 0.3) is 0 Å². The summed E-state index contributed by atoms with van der Waals surface area (Å²) in [7, 11) is 1.27. The maximum atomic E-state index is 11.8.